The molecule has 83 heavy (non-hydrogen) atoms. The summed E-state index contributed by atoms with van der Waals surface area (Å²) in [5, 5.41) is 26.7. The number of fused-ring (bicyclic) bond motifs is 8. The van der Waals surface area contributed by atoms with Gasteiger partial charge in [0.1, 0.15) is 36.8 Å². The Kier molecular flexibility index (Phi) is 18.2. The molecule has 2 aliphatic rings. The number of benzene rings is 8. The highest BCUT2D eigenvalue weighted by atomic mass is 127. The summed E-state index contributed by atoms with van der Waals surface area (Å²) in [6.45, 7) is 5.46. The molecule has 14 nitrogen and oxygen atoms in total. The molecular weight excluding hydrogens is 1160 g/mol. The first kappa shape index (κ1) is 56.9. The Labute approximate surface area is 494 Å². The molecule has 12 rings (SSSR count). The molecule has 0 fully saturated rings. The lowest BCUT2D eigenvalue weighted by atomic mass is 9.98. The molecule has 2 amide bonds. The Morgan fingerprint density at radius 1 is 0.506 bits per heavy atom. The Morgan fingerprint density at radius 2 is 0.916 bits per heavy atom. The molecule has 2 heterocycles. The molecule has 2 atom stereocenters. The van der Waals surface area contributed by atoms with Crippen molar-refractivity contribution in [3.05, 3.63) is 237 Å². The molecule has 0 aliphatic heterocycles. The zero-order valence-electron chi connectivity index (χ0n) is 45.6. The molecule has 0 unspecified atom stereocenters. The molecule has 6 N–H and O–H groups in total. The first-order chi connectivity index (χ1) is 40.5. The third-order valence-electron chi connectivity index (χ3n) is 14.8. The summed E-state index contributed by atoms with van der Waals surface area (Å²) in [4.78, 5) is 56.2. The van der Waals surface area contributed by atoms with Gasteiger partial charge < -0.3 is 49.8 Å². The van der Waals surface area contributed by atoms with Crippen LogP contribution in [0.1, 0.15) is 59.1 Å². The predicted molar refractivity (Wildman–Crippen MR) is 330 cm³/mol. The quantitative estimate of drug-likeness (QED) is 0.0477. The fourth-order valence-electron chi connectivity index (χ4n) is 10.9. The Bertz CT molecular complexity index is 3820. The summed E-state index contributed by atoms with van der Waals surface area (Å²) < 4.78 is 23.2. The number of carbonyl (C=O) groups is 4. The number of rotatable bonds is 17. The van der Waals surface area contributed by atoms with Crippen LogP contribution >= 0.6 is 22.6 Å². The number of para-hydroxylation sites is 2. The number of ether oxygens (including phenoxy) is 4. The molecule has 0 saturated carbocycles. The number of aliphatic carboxylic acids is 2. The van der Waals surface area contributed by atoms with Crippen LogP contribution in [-0.4, -0.2) is 82.8 Å². The van der Waals surface area contributed by atoms with E-state index in [0.717, 1.165) is 107 Å². The van der Waals surface area contributed by atoms with Crippen molar-refractivity contribution in [2.75, 3.05) is 26.4 Å². The topological polar surface area (TPSA) is 201 Å². The molecule has 0 radical (unpaired) electrons. The molecule has 0 saturated heterocycles. The van der Waals surface area contributed by atoms with Gasteiger partial charge in [0, 0.05) is 61.9 Å². The number of amides is 2. The zero-order chi connectivity index (χ0) is 57.8. The number of aromatic amines is 2. The second kappa shape index (κ2) is 26.5. The van der Waals surface area contributed by atoms with E-state index in [4.69, 9.17) is 18.9 Å². The number of carboxylic acids is 2. The summed E-state index contributed by atoms with van der Waals surface area (Å²) in [5.74, 6) is -0.733. The van der Waals surface area contributed by atoms with Crippen LogP contribution in [0.5, 0.6) is 11.5 Å². The van der Waals surface area contributed by atoms with Crippen molar-refractivity contribution in [3.63, 3.8) is 0 Å². The average molecular weight is 1220 g/mol. The van der Waals surface area contributed by atoms with Crippen LogP contribution in [0, 0.1) is 3.57 Å². The Balaban J connectivity index is 0.000000162. The molecule has 0 bridgehead atoms. The van der Waals surface area contributed by atoms with E-state index >= 15 is 0 Å². The van der Waals surface area contributed by atoms with E-state index in [9.17, 15) is 29.4 Å². The van der Waals surface area contributed by atoms with Crippen molar-refractivity contribution in [1.29, 1.82) is 0 Å². The van der Waals surface area contributed by atoms with Gasteiger partial charge in [-0.05, 0) is 158 Å². The molecule has 2 aromatic heterocycles. The van der Waals surface area contributed by atoms with Gasteiger partial charge in [-0.25, -0.2) is 19.2 Å². The van der Waals surface area contributed by atoms with E-state index in [1.54, 1.807) is 6.20 Å². The highest BCUT2D eigenvalue weighted by Gasteiger charge is 2.32. The first-order valence-corrected chi connectivity index (χ1v) is 28.5. The van der Waals surface area contributed by atoms with Gasteiger partial charge in [0.2, 0.25) is 0 Å². The van der Waals surface area contributed by atoms with Crippen molar-refractivity contribution in [2.24, 2.45) is 0 Å². The molecule has 420 valence electrons. The average Bonchev–Trinajstić information content (AvgIpc) is 3.69. The monoisotopic (exact) mass is 1220 g/mol. The Hall–Kier alpha value is -9.35. The standard InChI is InChI=1S/C34H30N2O5.C26H22N2O4.C8H9IO/c1-2-40-22-17-15-21(16-18-22)32-28(27-13-7-8-14-30(27)35-32)19-31(33(37)38)36-34(39)41-20-29-25-11-5-3-9-23(25)24-10-4-6-12-26(24)29;29-25(30)24(13-16-14-27-23-12-6-5-7-17(16)23)28-26(31)32-15-22-20-10-3-1-8-18(20)19-9-2-4-11-21(19)22;1-2-10-8-5-3-7(9)4-6-8/h3-18,29,31,35H,2,19-20H2,1H3,(H,36,39)(H,37,38);1-12,14,22,24,27H,13,15H2,(H,28,31)(H,29,30);3-6H,2H2,1H3/t31-;24-;/m00./s1. The van der Waals surface area contributed by atoms with Gasteiger partial charge in [-0.1, -0.05) is 133 Å². The van der Waals surface area contributed by atoms with Crippen molar-refractivity contribution in [2.45, 2.75) is 50.6 Å². The van der Waals surface area contributed by atoms with Crippen LogP contribution in [0.15, 0.2) is 200 Å². The number of hydrogen-bond donors (Lipinski definition) is 6. The minimum Gasteiger partial charge on any atom is -0.494 e. The van der Waals surface area contributed by atoms with Gasteiger partial charge in [-0.15, -0.1) is 0 Å². The van der Waals surface area contributed by atoms with Gasteiger partial charge in [0.05, 0.1) is 13.2 Å². The Morgan fingerprint density at radius 3 is 1.39 bits per heavy atom. The zero-order valence-corrected chi connectivity index (χ0v) is 47.8. The minimum atomic E-state index is -1.19. The van der Waals surface area contributed by atoms with Crippen molar-refractivity contribution in [3.8, 4) is 45.0 Å². The minimum absolute atomic E-state index is 0.0755. The second-order valence-corrected chi connectivity index (χ2v) is 21.1. The maximum atomic E-state index is 13.0. The molecule has 8 aromatic carbocycles. The van der Waals surface area contributed by atoms with Crippen LogP contribution in [-0.2, 0) is 31.9 Å². The third-order valence-corrected chi connectivity index (χ3v) is 15.5. The van der Waals surface area contributed by atoms with E-state index in [1.807, 2.05) is 184 Å². The van der Waals surface area contributed by atoms with Gasteiger partial charge in [0.25, 0.3) is 0 Å². The lowest BCUT2D eigenvalue weighted by molar-refractivity contribution is -0.140. The maximum absolute atomic E-state index is 13.0. The molecule has 0 spiro atoms. The summed E-state index contributed by atoms with van der Waals surface area (Å²) in [7, 11) is 0. The number of hydrogen-bond acceptors (Lipinski definition) is 8. The number of halogens is 1. The molecular formula is C68H61IN4O10. The molecule has 15 heteroatoms. The van der Waals surface area contributed by atoms with Crippen molar-refractivity contribution in [1.82, 2.24) is 20.6 Å². The number of carboxylic acid groups (broad SMARTS) is 2. The molecule has 2 aliphatic carbocycles. The number of carbonyl (C=O) groups excluding carboxylic acids is 2. The molecule has 10 aromatic rings. The first-order valence-electron chi connectivity index (χ1n) is 27.4. The smallest absolute Gasteiger partial charge is 0.407 e. The summed E-state index contributed by atoms with van der Waals surface area (Å²) in [6.07, 6.45) is 0.510. The second-order valence-electron chi connectivity index (χ2n) is 19.9. The number of H-pyrrole nitrogens is 2. The van der Waals surface area contributed by atoms with Crippen LogP contribution < -0.4 is 20.1 Å². The van der Waals surface area contributed by atoms with E-state index in [0.29, 0.717) is 6.61 Å². The number of aromatic nitrogens is 2. The van der Waals surface area contributed by atoms with Gasteiger partial charge in [0.15, 0.2) is 0 Å². The summed E-state index contributed by atoms with van der Waals surface area (Å²) in [5.41, 5.74) is 14.1. The SMILES string of the molecule is CCOc1ccc(-c2[nH]c3ccccc3c2C[C@H](NC(=O)OCC2c3ccccc3-c3ccccc32)C(=O)O)cc1.CCOc1ccc(I)cc1.O=C(N[C@@H](Cc1c[nH]c2ccccc12)C(=O)O)OCC1c2ccccc2-c2ccccc21. The highest BCUT2D eigenvalue weighted by molar-refractivity contribution is 14.1. The summed E-state index contributed by atoms with van der Waals surface area (Å²) in [6, 6.07) is 61.1. The van der Waals surface area contributed by atoms with Gasteiger partial charge in [-0.2, -0.15) is 0 Å². The van der Waals surface area contributed by atoms with E-state index < -0.39 is 36.2 Å². The summed E-state index contributed by atoms with van der Waals surface area (Å²) >= 11 is 2.27. The highest BCUT2D eigenvalue weighted by Crippen LogP contribution is 2.46. The number of alkyl carbamates (subject to hydrolysis) is 2. The lowest BCUT2D eigenvalue weighted by Crippen LogP contribution is -2.43. The normalized spacial score (nSPS) is 12.7. The van der Waals surface area contributed by atoms with Crippen LogP contribution in [0.25, 0.3) is 55.3 Å². The van der Waals surface area contributed by atoms with Crippen molar-refractivity contribution >= 4 is 68.5 Å². The lowest BCUT2D eigenvalue weighted by Gasteiger charge is -2.18. The largest absolute Gasteiger partial charge is 0.494 e. The van der Waals surface area contributed by atoms with Gasteiger partial charge in [-0.3, -0.25) is 0 Å². The van der Waals surface area contributed by atoms with Crippen LogP contribution in [0.2, 0.25) is 0 Å². The fourth-order valence-corrected chi connectivity index (χ4v) is 11.3. The van der Waals surface area contributed by atoms with E-state index in [2.05, 4.69) is 67.5 Å². The van der Waals surface area contributed by atoms with E-state index in [-0.39, 0.29) is 37.9 Å². The van der Waals surface area contributed by atoms with Crippen LogP contribution in [0.3, 0.4) is 0 Å². The predicted octanol–water partition coefficient (Wildman–Crippen LogP) is 14.2. The van der Waals surface area contributed by atoms with E-state index in [1.165, 1.54) is 3.57 Å². The maximum Gasteiger partial charge on any atom is 0.407 e. The van der Waals surface area contributed by atoms with Crippen LogP contribution in [0.4, 0.5) is 9.59 Å². The number of nitrogens with one attached hydrogen (secondary N) is 4. The van der Waals surface area contributed by atoms with Gasteiger partial charge >= 0.3 is 24.1 Å². The fraction of sp³-hybridized carbons (Fsp3) is 0.176. The third kappa shape index (κ3) is 13.2. The van der Waals surface area contributed by atoms with Crippen molar-refractivity contribution < 1.29 is 48.3 Å².